The molecule has 6 heteroatoms. The van der Waals surface area contributed by atoms with E-state index in [4.69, 9.17) is 0 Å². The van der Waals surface area contributed by atoms with Gasteiger partial charge < -0.3 is 5.32 Å². The number of benzene rings is 2. The Kier molecular flexibility index (Phi) is 5.71. The molecule has 0 spiro atoms. The molecule has 1 aliphatic heterocycles. The molecule has 3 aromatic rings. The largest absolute Gasteiger partial charge is 0.324 e. The molecule has 1 saturated heterocycles. The molecule has 1 atom stereocenters. The zero-order chi connectivity index (χ0) is 20.2. The Balaban J connectivity index is 1.51. The number of hydrogen-bond donors (Lipinski definition) is 1. The lowest BCUT2D eigenvalue weighted by Gasteiger charge is -2.37. The minimum Gasteiger partial charge on any atom is -0.324 e. The molecular formula is C23H25FN4O. The number of carbonyl (C=O) groups excluding carboxylic acids is 1. The highest BCUT2D eigenvalue weighted by Crippen LogP contribution is 2.32. The summed E-state index contributed by atoms with van der Waals surface area (Å²) in [4.78, 5) is 15.4. The molecular weight excluding hydrogens is 367 g/mol. The van der Waals surface area contributed by atoms with Crippen LogP contribution >= 0.6 is 0 Å². The lowest BCUT2D eigenvalue weighted by atomic mass is 9.91. The molecule has 0 aliphatic carbocycles. The molecule has 2 heterocycles. The van der Waals surface area contributed by atoms with Crippen LogP contribution in [0.15, 0.2) is 66.9 Å². The van der Waals surface area contributed by atoms with E-state index in [-0.39, 0.29) is 17.8 Å². The van der Waals surface area contributed by atoms with Crippen LogP contribution in [0.25, 0.3) is 0 Å². The summed E-state index contributed by atoms with van der Waals surface area (Å²) < 4.78 is 15.1. The minimum absolute atomic E-state index is 0.0956. The van der Waals surface area contributed by atoms with E-state index in [1.54, 1.807) is 12.1 Å². The van der Waals surface area contributed by atoms with Gasteiger partial charge in [0.2, 0.25) is 5.91 Å². The van der Waals surface area contributed by atoms with Crippen LogP contribution in [0.1, 0.15) is 36.1 Å². The van der Waals surface area contributed by atoms with Crippen LogP contribution in [-0.2, 0) is 11.8 Å². The fourth-order valence-corrected chi connectivity index (χ4v) is 4.15. The second-order valence-corrected chi connectivity index (χ2v) is 7.50. The van der Waals surface area contributed by atoms with Gasteiger partial charge in [-0.05, 0) is 61.8 Å². The van der Waals surface area contributed by atoms with Gasteiger partial charge in [-0.1, -0.05) is 30.3 Å². The van der Waals surface area contributed by atoms with Gasteiger partial charge in [-0.2, -0.15) is 5.10 Å². The van der Waals surface area contributed by atoms with Crippen molar-refractivity contribution in [2.75, 3.05) is 18.4 Å². The number of nitrogens with one attached hydrogen (secondary N) is 1. The zero-order valence-electron chi connectivity index (χ0n) is 16.5. The lowest BCUT2D eigenvalue weighted by molar-refractivity contribution is -0.122. The van der Waals surface area contributed by atoms with Crippen LogP contribution in [0.5, 0.6) is 0 Å². The van der Waals surface area contributed by atoms with Crippen LogP contribution in [-0.4, -0.2) is 33.7 Å². The second-order valence-electron chi connectivity index (χ2n) is 7.50. The van der Waals surface area contributed by atoms with E-state index in [0.29, 0.717) is 11.6 Å². The minimum atomic E-state index is -0.381. The summed E-state index contributed by atoms with van der Waals surface area (Å²) in [6.45, 7) is 1.65. The summed E-state index contributed by atoms with van der Waals surface area (Å²) in [5.41, 5.74) is 2.81. The van der Waals surface area contributed by atoms with Crippen LogP contribution < -0.4 is 5.32 Å². The van der Waals surface area contributed by atoms with E-state index < -0.39 is 0 Å². The maximum atomic E-state index is 13.2. The molecule has 150 valence electrons. The number of hydrogen-bond acceptors (Lipinski definition) is 3. The predicted octanol–water partition coefficient (Wildman–Crippen LogP) is 4.12. The first-order chi connectivity index (χ1) is 14.1. The predicted molar refractivity (Wildman–Crippen MR) is 111 cm³/mol. The molecule has 1 N–H and O–H groups in total. The van der Waals surface area contributed by atoms with Crippen molar-refractivity contribution in [1.29, 1.82) is 0 Å². The first-order valence-electron chi connectivity index (χ1n) is 9.95. The highest BCUT2D eigenvalue weighted by Gasteiger charge is 2.32. The van der Waals surface area contributed by atoms with Gasteiger partial charge in [0.1, 0.15) is 11.9 Å². The third-order valence-electron chi connectivity index (χ3n) is 5.65. The zero-order valence-corrected chi connectivity index (χ0v) is 16.5. The Morgan fingerprint density at radius 2 is 1.76 bits per heavy atom. The monoisotopic (exact) mass is 392 g/mol. The topological polar surface area (TPSA) is 50.2 Å². The molecule has 0 unspecified atom stereocenters. The Hall–Kier alpha value is -2.99. The van der Waals surface area contributed by atoms with Gasteiger partial charge in [-0.15, -0.1) is 0 Å². The highest BCUT2D eigenvalue weighted by molar-refractivity contribution is 5.95. The van der Waals surface area contributed by atoms with Gasteiger partial charge in [0.25, 0.3) is 0 Å². The molecule has 0 radical (unpaired) electrons. The average Bonchev–Trinajstić information content (AvgIpc) is 3.17. The summed E-state index contributed by atoms with van der Waals surface area (Å²) in [5.74, 6) is 0.0389. The normalized spacial score (nSPS) is 16.5. The van der Waals surface area contributed by atoms with Crippen molar-refractivity contribution in [3.8, 4) is 0 Å². The number of nitrogens with zero attached hydrogens (tertiary/aromatic N) is 3. The van der Waals surface area contributed by atoms with Gasteiger partial charge in [0, 0.05) is 30.5 Å². The van der Waals surface area contributed by atoms with Crippen molar-refractivity contribution >= 4 is 11.6 Å². The molecule has 4 rings (SSSR count). The van der Waals surface area contributed by atoms with Crippen LogP contribution in [0.4, 0.5) is 10.1 Å². The summed E-state index contributed by atoms with van der Waals surface area (Å²) >= 11 is 0. The quantitative estimate of drug-likeness (QED) is 0.711. The number of aromatic nitrogens is 2. The molecule has 29 heavy (non-hydrogen) atoms. The molecule has 5 nitrogen and oxygen atoms in total. The number of carbonyl (C=O) groups is 1. The maximum absolute atomic E-state index is 13.2. The van der Waals surface area contributed by atoms with Crippen LogP contribution in [0.3, 0.4) is 0 Å². The van der Waals surface area contributed by atoms with Crippen LogP contribution in [0, 0.1) is 5.82 Å². The van der Waals surface area contributed by atoms with Crippen LogP contribution in [0.2, 0.25) is 0 Å². The van der Waals surface area contributed by atoms with Crippen molar-refractivity contribution in [1.82, 2.24) is 14.7 Å². The van der Waals surface area contributed by atoms with Gasteiger partial charge in [0.15, 0.2) is 0 Å². The number of amides is 1. The number of anilines is 1. The Labute approximate surface area is 170 Å². The summed E-state index contributed by atoms with van der Waals surface area (Å²) in [6.07, 6.45) is 3.80. The second kappa shape index (κ2) is 8.57. The number of piperidine rings is 1. The fourth-order valence-electron chi connectivity index (χ4n) is 4.15. The highest BCUT2D eigenvalue weighted by atomic mass is 19.1. The molecule has 1 amide bonds. The Morgan fingerprint density at radius 3 is 2.38 bits per heavy atom. The fraction of sp³-hybridized carbons (Fsp3) is 0.304. The van der Waals surface area contributed by atoms with Gasteiger partial charge in [-0.3, -0.25) is 14.4 Å². The average molecular weight is 392 g/mol. The molecule has 2 aromatic carbocycles. The van der Waals surface area contributed by atoms with Gasteiger partial charge in [0.05, 0.1) is 0 Å². The van der Waals surface area contributed by atoms with Gasteiger partial charge in [-0.25, -0.2) is 4.39 Å². The number of aryl methyl sites for hydroxylation is 1. The smallest absolute Gasteiger partial charge is 0.246 e. The first-order valence-corrected chi connectivity index (χ1v) is 9.95. The number of halogens is 1. The maximum Gasteiger partial charge on any atom is 0.246 e. The molecule has 1 aliphatic rings. The van der Waals surface area contributed by atoms with E-state index in [1.807, 2.05) is 48.3 Å². The first kappa shape index (κ1) is 19.3. The summed E-state index contributed by atoms with van der Waals surface area (Å²) in [7, 11) is 1.98. The van der Waals surface area contributed by atoms with E-state index in [0.717, 1.165) is 31.5 Å². The molecule has 1 aromatic heterocycles. The van der Waals surface area contributed by atoms with E-state index in [2.05, 4.69) is 21.4 Å². The summed E-state index contributed by atoms with van der Waals surface area (Å²) in [6, 6.07) is 17.4. The van der Waals surface area contributed by atoms with Crippen molar-refractivity contribution in [3.63, 3.8) is 0 Å². The Bertz CT molecular complexity index is 947. The van der Waals surface area contributed by atoms with E-state index >= 15 is 0 Å². The van der Waals surface area contributed by atoms with Crippen molar-refractivity contribution in [3.05, 3.63) is 83.9 Å². The molecule has 0 bridgehead atoms. The molecule has 0 saturated carbocycles. The lowest BCUT2D eigenvalue weighted by Crippen LogP contribution is -2.42. The third-order valence-corrected chi connectivity index (χ3v) is 5.65. The number of rotatable bonds is 5. The van der Waals surface area contributed by atoms with Crippen molar-refractivity contribution in [2.45, 2.75) is 24.8 Å². The van der Waals surface area contributed by atoms with Gasteiger partial charge >= 0.3 is 0 Å². The molecule has 1 fully saturated rings. The summed E-state index contributed by atoms with van der Waals surface area (Å²) in [5, 5.41) is 7.24. The van der Waals surface area contributed by atoms with E-state index in [1.165, 1.54) is 17.8 Å². The standard InChI is InChI=1S/C23H25FN4O/c1-27-21(11-14-25-27)17-12-15-28(16-13-17)22(18-5-3-2-4-6-18)23(29)26-20-9-7-19(24)8-10-20/h2-11,14,17,22H,12-13,15-16H2,1H3,(H,26,29)/t22-/m1/s1. The van der Waals surface area contributed by atoms with Crippen molar-refractivity contribution < 1.29 is 9.18 Å². The van der Waals surface area contributed by atoms with Crippen molar-refractivity contribution in [2.24, 2.45) is 7.05 Å². The Morgan fingerprint density at radius 1 is 1.07 bits per heavy atom. The number of likely N-dealkylation sites (tertiary alicyclic amines) is 1. The SMILES string of the molecule is Cn1nccc1C1CCN([C@@H](C(=O)Nc2ccc(F)cc2)c2ccccc2)CC1. The van der Waals surface area contributed by atoms with E-state index in [9.17, 15) is 9.18 Å². The third kappa shape index (κ3) is 4.38.